The Labute approximate surface area is 132 Å². The molecule has 2 aromatic rings. The molecule has 0 aromatic heterocycles. The molecule has 110 valence electrons. The fourth-order valence-electron chi connectivity index (χ4n) is 1.94. The van der Waals surface area contributed by atoms with Gasteiger partial charge in [-0.3, -0.25) is 4.79 Å². The number of hydrogen-bond donors (Lipinski definition) is 1. The number of halogens is 1. The molecule has 1 amide bonds. The lowest BCUT2D eigenvalue weighted by Gasteiger charge is -2.13. The van der Waals surface area contributed by atoms with E-state index < -0.39 is 0 Å². The van der Waals surface area contributed by atoms with Crippen molar-refractivity contribution in [3.8, 4) is 11.5 Å². The predicted octanol–water partition coefficient (Wildman–Crippen LogP) is 3.40. The highest BCUT2D eigenvalue weighted by molar-refractivity contribution is 9.10. The highest BCUT2D eigenvalue weighted by Crippen LogP contribution is 2.33. The maximum absolute atomic E-state index is 12.4. The van der Waals surface area contributed by atoms with E-state index in [2.05, 4.69) is 21.2 Å². The highest BCUT2D eigenvalue weighted by atomic mass is 79.9. The van der Waals surface area contributed by atoms with Crippen LogP contribution in [0.25, 0.3) is 0 Å². The molecule has 0 aliphatic heterocycles. The minimum absolute atomic E-state index is 0.213. The summed E-state index contributed by atoms with van der Waals surface area (Å²) in [6, 6.07) is 13.1. The first-order chi connectivity index (χ1) is 10.2. The van der Waals surface area contributed by atoms with E-state index in [0.717, 1.165) is 5.56 Å². The average molecular weight is 350 g/mol. The Hall–Kier alpha value is -2.01. The van der Waals surface area contributed by atoms with Gasteiger partial charge in [-0.2, -0.15) is 0 Å². The molecule has 0 bridgehead atoms. The number of amides is 1. The molecule has 0 atom stereocenters. The van der Waals surface area contributed by atoms with Crippen LogP contribution in [0.15, 0.2) is 46.9 Å². The van der Waals surface area contributed by atoms with Gasteiger partial charge in [0.1, 0.15) is 11.5 Å². The number of ether oxygens (including phenoxy) is 2. The largest absolute Gasteiger partial charge is 0.497 e. The molecule has 0 spiro atoms. The van der Waals surface area contributed by atoms with Crippen LogP contribution in [0, 0.1) is 0 Å². The first kappa shape index (κ1) is 15.4. The smallest absolute Gasteiger partial charge is 0.255 e. The molecule has 1 N–H and O–H groups in total. The third kappa shape index (κ3) is 3.76. The van der Waals surface area contributed by atoms with Gasteiger partial charge in [0.05, 0.1) is 24.3 Å². The van der Waals surface area contributed by atoms with E-state index in [1.165, 1.54) is 7.11 Å². The van der Waals surface area contributed by atoms with Gasteiger partial charge in [0.15, 0.2) is 0 Å². The molecule has 0 aliphatic rings. The zero-order chi connectivity index (χ0) is 15.2. The molecule has 0 heterocycles. The van der Waals surface area contributed by atoms with E-state index >= 15 is 0 Å². The van der Waals surface area contributed by atoms with Crippen molar-refractivity contribution in [3.63, 3.8) is 0 Å². The number of nitrogens with one attached hydrogen (secondary N) is 1. The summed E-state index contributed by atoms with van der Waals surface area (Å²) in [6.45, 7) is 0.456. The number of methoxy groups -OCH3 is 2. The highest BCUT2D eigenvalue weighted by Gasteiger charge is 2.17. The van der Waals surface area contributed by atoms with Crippen molar-refractivity contribution in [1.82, 2.24) is 5.32 Å². The Kier molecular flexibility index (Phi) is 5.22. The molecule has 2 rings (SSSR count). The molecule has 0 radical (unpaired) electrons. The van der Waals surface area contributed by atoms with E-state index in [1.807, 2.05) is 30.3 Å². The van der Waals surface area contributed by atoms with Crippen molar-refractivity contribution < 1.29 is 14.3 Å². The topological polar surface area (TPSA) is 47.6 Å². The van der Waals surface area contributed by atoms with Gasteiger partial charge in [-0.05, 0) is 33.6 Å². The summed E-state index contributed by atoms with van der Waals surface area (Å²) >= 11 is 3.38. The summed E-state index contributed by atoms with van der Waals surface area (Å²) in [4.78, 5) is 12.4. The van der Waals surface area contributed by atoms with Crippen LogP contribution in [0.1, 0.15) is 15.9 Å². The van der Waals surface area contributed by atoms with Crippen LogP contribution < -0.4 is 14.8 Å². The Balaban J connectivity index is 2.20. The summed E-state index contributed by atoms with van der Waals surface area (Å²) < 4.78 is 11.1. The second-order valence-electron chi connectivity index (χ2n) is 4.36. The van der Waals surface area contributed by atoms with Gasteiger partial charge in [0.25, 0.3) is 5.91 Å². The van der Waals surface area contributed by atoms with Gasteiger partial charge in [0.2, 0.25) is 0 Å². The van der Waals surface area contributed by atoms with Gasteiger partial charge in [-0.15, -0.1) is 0 Å². The lowest BCUT2D eigenvalue weighted by molar-refractivity contribution is 0.0947. The number of rotatable bonds is 5. The molecule has 5 heteroatoms. The number of carbonyl (C=O) groups is 1. The van der Waals surface area contributed by atoms with Crippen molar-refractivity contribution in [1.29, 1.82) is 0 Å². The molecule has 0 saturated carbocycles. The van der Waals surface area contributed by atoms with Crippen LogP contribution in [-0.2, 0) is 6.54 Å². The van der Waals surface area contributed by atoms with Crippen LogP contribution in [-0.4, -0.2) is 20.1 Å². The normalized spacial score (nSPS) is 10.0. The molecule has 2 aromatic carbocycles. The van der Waals surface area contributed by atoms with Gasteiger partial charge in [-0.1, -0.05) is 30.3 Å². The van der Waals surface area contributed by atoms with Gasteiger partial charge < -0.3 is 14.8 Å². The number of carbonyl (C=O) groups excluding carboxylic acids is 1. The molecule has 0 fully saturated rings. The molecule has 4 nitrogen and oxygen atoms in total. The molecule has 21 heavy (non-hydrogen) atoms. The fourth-order valence-corrected chi connectivity index (χ4v) is 2.54. The Morgan fingerprint density at radius 1 is 1.14 bits per heavy atom. The third-order valence-corrected chi connectivity index (χ3v) is 3.59. The monoisotopic (exact) mass is 349 g/mol. The molecule has 0 aliphatic carbocycles. The fraction of sp³-hybridized carbons (Fsp3) is 0.188. The van der Waals surface area contributed by atoms with Gasteiger partial charge >= 0.3 is 0 Å². The first-order valence-corrected chi connectivity index (χ1v) is 7.18. The second-order valence-corrected chi connectivity index (χ2v) is 5.21. The summed E-state index contributed by atoms with van der Waals surface area (Å²) in [5.74, 6) is 0.865. The average Bonchev–Trinajstić information content (AvgIpc) is 2.52. The summed E-state index contributed by atoms with van der Waals surface area (Å²) in [5.41, 5.74) is 1.46. The predicted molar refractivity (Wildman–Crippen MR) is 84.9 cm³/mol. The Morgan fingerprint density at radius 2 is 1.86 bits per heavy atom. The van der Waals surface area contributed by atoms with E-state index in [1.54, 1.807) is 19.2 Å². The minimum atomic E-state index is -0.213. The van der Waals surface area contributed by atoms with Crippen molar-refractivity contribution in [3.05, 3.63) is 58.1 Å². The molecule has 0 saturated heterocycles. The van der Waals surface area contributed by atoms with E-state index in [4.69, 9.17) is 9.47 Å². The van der Waals surface area contributed by atoms with E-state index in [0.29, 0.717) is 28.1 Å². The lowest BCUT2D eigenvalue weighted by Crippen LogP contribution is -2.23. The zero-order valence-electron chi connectivity index (χ0n) is 11.9. The van der Waals surface area contributed by atoms with Crippen molar-refractivity contribution in [2.24, 2.45) is 0 Å². The van der Waals surface area contributed by atoms with Crippen LogP contribution in [0.3, 0.4) is 0 Å². The molecular weight excluding hydrogens is 334 g/mol. The third-order valence-electron chi connectivity index (χ3n) is 3.00. The summed E-state index contributed by atoms with van der Waals surface area (Å²) in [5, 5.41) is 2.87. The van der Waals surface area contributed by atoms with E-state index in [-0.39, 0.29) is 5.91 Å². The molecular formula is C16H16BrNO3. The van der Waals surface area contributed by atoms with Crippen LogP contribution in [0.2, 0.25) is 0 Å². The van der Waals surface area contributed by atoms with Crippen molar-refractivity contribution in [2.75, 3.05) is 14.2 Å². The van der Waals surface area contributed by atoms with Crippen molar-refractivity contribution in [2.45, 2.75) is 6.54 Å². The maximum Gasteiger partial charge on any atom is 0.255 e. The molecule has 0 unspecified atom stereocenters. The van der Waals surface area contributed by atoms with Crippen molar-refractivity contribution >= 4 is 21.8 Å². The lowest BCUT2D eigenvalue weighted by atomic mass is 10.1. The quantitative estimate of drug-likeness (QED) is 0.899. The Bertz CT molecular complexity index is 629. The van der Waals surface area contributed by atoms with Crippen LogP contribution in [0.5, 0.6) is 11.5 Å². The van der Waals surface area contributed by atoms with Gasteiger partial charge in [-0.25, -0.2) is 0 Å². The summed E-state index contributed by atoms with van der Waals surface area (Å²) in [7, 11) is 3.08. The standard InChI is InChI=1S/C16H16BrNO3/c1-20-12-8-13(15(21-2)14(17)9-12)16(19)18-10-11-6-4-3-5-7-11/h3-9H,10H2,1-2H3,(H,18,19). The van der Waals surface area contributed by atoms with Crippen LogP contribution >= 0.6 is 15.9 Å². The van der Waals surface area contributed by atoms with E-state index in [9.17, 15) is 4.79 Å². The number of benzene rings is 2. The maximum atomic E-state index is 12.4. The Morgan fingerprint density at radius 3 is 2.48 bits per heavy atom. The minimum Gasteiger partial charge on any atom is -0.497 e. The van der Waals surface area contributed by atoms with Gasteiger partial charge in [0, 0.05) is 6.54 Å². The SMILES string of the molecule is COc1cc(Br)c(OC)c(C(=O)NCc2ccccc2)c1. The summed E-state index contributed by atoms with van der Waals surface area (Å²) in [6.07, 6.45) is 0. The van der Waals surface area contributed by atoms with Crippen LogP contribution in [0.4, 0.5) is 0 Å². The zero-order valence-corrected chi connectivity index (χ0v) is 13.4. The number of hydrogen-bond acceptors (Lipinski definition) is 3. The first-order valence-electron chi connectivity index (χ1n) is 6.39. The second kappa shape index (κ2) is 7.13.